The highest BCUT2D eigenvalue weighted by molar-refractivity contribution is 7.98. The van der Waals surface area contributed by atoms with Gasteiger partial charge in [-0.3, -0.25) is 4.79 Å². The first-order valence-electron chi connectivity index (χ1n) is 5.10. The molecular weight excluding hydrogens is 254 g/mol. The van der Waals surface area contributed by atoms with Gasteiger partial charge in [-0.1, -0.05) is 0 Å². The smallest absolute Gasteiger partial charge is 0.345 e. The first kappa shape index (κ1) is 12.5. The van der Waals surface area contributed by atoms with Crippen molar-refractivity contribution in [1.82, 2.24) is 4.57 Å². The molecule has 0 fully saturated rings. The Balaban J connectivity index is 2.99. The minimum Gasteiger partial charge on any atom is -0.506 e. The Kier molecular flexibility index (Phi) is 3.04. The van der Waals surface area contributed by atoms with Gasteiger partial charge in [0.1, 0.15) is 5.75 Å². The second-order valence-electron chi connectivity index (χ2n) is 3.78. The second-order valence-corrected chi connectivity index (χ2v) is 4.66. The molecule has 94 valence electrons. The maximum Gasteiger partial charge on any atom is 0.345 e. The van der Waals surface area contributed by atoms with Gasteiger partial charge in [-0.05, 0) is 24.5 Å². The largest absolute Gasteiger partial charge is 0.506 e. The van der Waals surface area contributed by atoms with Crippen molar-refractivity contribution in [1.29, 1.82) is 0 Å². The monoisotopic (exact) mass is 265 g/mol. The molecule has 1 aromatic heterocycles. The molecule has 0 bridgehead atoms. The number of carboxylic acid groups (broad SMARTS) is 1. The number of nitrogens with zero attached hydrogens (tertiary/aromatic N) is 1. The van der Waals surface area contributed by atoms with E-state index >= 15 is 0 Å². The van der Waals surface area contributed by atoms with Crippen molar-refractivity contribution in [2.45, 2.75) is 4.90 Å². The lowest BCUT2D eigenvalue weighted by molar-refractivity contribution is 0.0691. The SMILES string of the molecule is CSc1ccc2c(c1)c(O)c(C(=O)O)c(=O)n2C. The van der Waals surface area contributed by atoms with Crippen molar-refractivity contribution in [2.75, 3.05) is 6.26 Å². The van der Waals surface area contributed by atoms with E-state index in [4.69, 9.17) is 5.11 Å². The number of hydrogen-bond acceptors (Lipinski definition) is 4. The van der Waals surface area contributed by atoms with Gasteiger partial charge in [0, 0.05) is 17.3 Å². The summed E-state index contributed by atoms with van der Waals surface area (Å²) < 4.78 is 1.22. The van der Waals surface area contributed by atoms with Crippen LogP contribution < -0.4 is 5.56 Å². The topological polar surface area (TPSA) is 79.5 Å². The molecule has 6 heteroatoms. The van der Waals surface area contributed by atoms with E-state index in [2.05, 4.69) is 0 Å². The molecule has 0 amide bonds. The van der Waals surface area contributed by atoms with E-state index < -0.39 is 22.8 Å². The maximum atomic E-state index is 11.8. The summed E-state index contributed by atoms with van der Waals surface area (Å²) in [5.74, 6) is -1.90. The number of aromatic nitrogens is 1. The van der Waals surface area contributed by atoms with Gasteiger partial charge in [-0.2, -0.15) is 0 Å². The molecule has 0 unspecified atom stereocenters. The van der Waals surface area contributed by atoms with Crippen molar-refractivity contribution < 1.29 is 15.0 Å². The molecule has 0 radical (unpaired) electrons. The Morgan fingerprint density at radius 2 is 2.06 bits per heavy atom. The molecule has 0 saturated heterocycles. The van der Waals surface area contributed by atoms with Gasteiger partial charge in [0.05, 0.1) is 5.52 Å². The van der Waals surface area contributed by atoms with Crippen LogP contribution in [0.4, 0.5) is 0 Å². The molecule has 2 rings (SSSR count). The molecule has 1 heterocycles. The van der Waals surface area contributed by atoms with Crippen molar-refractivity contribution in [2.24, 2.45) is 7.05 Å². The summed E-state index contributed by atoms with van der Waals surface area (Å²) in [6.45, 7) is 0. The maximum absolute atomic E-state index is 11.8. The fraction of sp³-hybridized carbons (Fsp3) is 0.167. The van der Waals surface area contributed by atoms with E-state index in [0.29, 0.717) is 10.9 Å². The fourth-order valence-electron chi connectivity index (χ4n) is 1.83. The Labute approximate surface area is 107 Å². The number of aryl methyl sites for hydroxylation is 1. The minimum atomic E-state index is -1.43. The third-order valence-electron chi connectivity index (χ3n) is 2.79. The molecule has 0 spiro atoms. The molecule has 0 aliphatic heterocycles. The van der Waals surface area contributed by atoms with Crippen molar-refractivity contribution in [3.8, 4) is 5.75 Å². The Hall–Kier alpha value is -1.95. The van der Waals surface area contributed by atoms with Crippen LogP contribution in [0.5, 0.6) is 5.75 Å². The van der Waals surface area contributed by atoms with Gasteiger partial charge in [0.15, 0.2) is 5.56 Å². The molecule has 0 saturated carbocycles. The fourth-order valence-corrected chi connectivity index (χ4v) is 2.27. The van der Waals surface area contributed by atoms with E-state index in [0.717, 1.165) is 4.90 Å². The van der Waals surface area contributed by atoms with Crippen molar-refractivity contribution >= 4 is 28.6 Å². The van der Waals surface area contributed by atoms with Gasteiger partial charge in [-0.15, -0.1) is 11.8 Å². The standard InChI is InChI=1S/C12H11NO4S/c1-13-8-4-3-6(18-2)5-7(8)10(14)9(11(13)15)12(16)17/h3-5,14H,1-2H3,(H,16,17). The highest BCUT2D eigenvalue weighted by atomic mass is 32.2. The third kappa shape index (κ3) is 1.74. The summed E-state index contributed by atoms with van der Waals surface area (Å²) in [7, 11) is 1.48. The summed E-state index contributed by atoms with van der Waals surface area (Å²) in [4.78, 5) is 23.7. The predicted octanol–water partition coefficient (Wildman–Crippen LogP) is 1.66. The zero-order valence-corrected chi connectivity index (χ0v) is 10.6. The Morgan fingerprint density at radius 3 is 2.61 bits per heavy atom. The predicted molar refractivity (Wildman–Crippen MR) is 69.6 cm³/mol. The van der Waals surface area contributed by atoms with Gasteiger partial charge in [0.2, 0.25) is 0 Å². The molecule has 5 nitrogen and oxygen atoms in total. The van der Waals surface area contributed by atoms with Crippen LogP contribution in [0.15, 0.2) is 27.9 Å². The zero-order chi connectivity index (χ0) is 13.4. The van der Waals surface area contributed by atoms with E-state index in [1.54, 1.807) is 12.1 Å². The van der Waals surface area contributed by atoms with E-state index in [1.807, 2.05) is 12.3 Å². The van der Waals surface area contributed by atoms with E-state index in [-0.39, 0.29) is 0 Å². The zero-order valence-electron chi connectivity index (χ0n) is 9.80. The first-order chi connectivity index (χ1) is 8.47. The summed E-state index contributed by atoms with van der Waals surface area (Å²) in [5.41, 5.74) is -0.812. The number of carbonyl (C=O) groups is 1. The number of hydrogen-bond donors (Lipinski definition) is 2. The van der Waals surface area contributed by atoms with Crippen molar-refractivity contribution in [3.63, 3.8) is 0 Å². The second kappa shape index (κ2) is 4.38. The number of pyridine rings is 1. The summed E-state index contributed by atoms with van der Waals surface area (Å²) in [6.07, 6.45) is 1.87. The lowest BCUT2D eigenvalue weighted by Gasteiger charge is -2.10. The summed E-state index contributed by atoms with van der Waals surface area (Å²) >= 11 is 1.47. The first-order valence-corrected chi connectivity index (χ1v) is 6.33. The summed E-state index contributed by atoms with van der Waals surface area (Å²) in [6, 6.07) is 5.17. The molecule has 1 aromatic carbocycles. The van der Waals surface area contributed by atoms with Crippen molar-refractivity contribution in [3.05, 3.63) is 34.1 Å². The van der Waals surface area contributed by atoms with Crippen LogP contribution in [0, 0.1) is 0 Å². The van der Waals surface area contributed by atoms with Crippen LogP contribution in [0.2, 0.25) is 0 Å². The molecule has 0 atom stereocenters. The minimum absolute atomic E-state index is 0.362. The molecule has 0 aliphatic rings. The van der Waals surface area contributed by atoms with Crippen LogP contribution in [-0.4, -0.2) is 27.0 Å². The number of benzene rings is 1. The molecule has 18 heavy (non-hydrogen) atoms. The highest BCUT2D eigenvalue weighted by Crippen LogP contribution is 2.29. The molecule has 2 N–H and O–H groups in total. The Morgan fingerprint density at radius 1 is 1.39 bits per heavy atom. The number of thioether (sulfide) groups is 1. The van der Waals surface area contributed by atoms with E-state index in [9.17, 15) is 14.7 Å². The molecule has 2 aromatic rings. The van der Waals surface area contributed by atoms with Gasteiger partial charge < -0.3 is 14.8 Å². The lowest BCUT2D eigenvalue weighted by atomic mass is 10.1. The number of fused-ring (bicyclic) bond motifs is 1. The molecular formula is C12H11NO4S. The lowest BCUT2D eigenvalue weighted by Crippen LogP contribution is -2.24. The average molecular weight is 265 g/mol. The average Bonchev–Trinajstić information content (AvgIpc) is 2.35. The number of aromatic hydroxyl groups is 1. The number of carboxylic acids is 1. The summed E-state index contributed by atoms with van der Waals surface area (Å²) in [5, 5.41) is 19.3. The van der Waals surface area contributed by atoms with Crippen LogP contribution in [0.3, 0.4) is 0 Å². The van der Waals surface area contributed by atoms with Gasteiger partial charge >= 0.3 is 5.97 Å². The highest BCUT2D eigenvalue weighted by Gasteiger charge is 2.20. The van der Waals surface area contributed by atoms with Crippen LogP contribution in [0.1, 0.15) is 10.4 Å². The van der Waals surface area contributed by atoms with Crippen LogP contribution in [-0.2, 0) is 7.05 Å². The van der Waals surface area contributed by atoms with Gasteiger partial charge in [0.25, 0.3) is 5.56 Å². The van der Waals surface area contributed by atoms with Crippen LogP contribution in [0.25, 0.3) is 10.9 Å². The quantitative estimate of drug-likeness (QED) is 0.807. The van der Waals surface area contributed by atoms with Gasteiger partial charge in [-0.25, -0.2) is 4.79 Å². The Bertz CT molecular complexity index is 705. The third-order valence-corrected chi connectivity index (χ3v) is 3.51. The number of aromatic carboxylic acids is 1. The normalized spacial score (nSPS) is 10.8. The van der Waals surface area contributed by atoms with E-state index in [1.165, 1.54) is 23.4 Å². The van der Waals surface area contributed by atoms with Crippen LogP contribution >= 0.6 is 11.8 Å². The number of rotatable bonds is 2. The molecule has 0 aliphatic carbocycles.